The van der Waals surface area contributed by atoms with Gasteiger partial charge >= 0.3 is 0 Å². The van der Waals surface area contributed by atoms with Crippen LogP contribution in [0, 0.1) is 5.92 Å². The largest absolute Gasteiger partial charge is 0.349 e. The lowest BCUT2D eigenvalue weighted by atomic mass is 10.00. The fraction of sp³-hybridized carbons (Fsp3) is 0.300. The van der Waals surface area contributed by atoms with Crippen molar-refractivity contribution in [3.05, 3.63) is 54.1 Å². The second kappa shape index (κ2) is 7.58. The third-order valence-electron chi connectivity index (χ3n) is 4.54. The number of fused-ring (bicyclic) bond motifs is 1. The number of piperidine rings is 1. The average Bonchev–Trinajstić information content (AvgIpc) is 2.60. The second-order valence-corrected chi connectivity index (χ2v) is 6.75. The number of nitrogens with one attached hydrogen (secondary N) is 1. The van der Waals surface area contributed by atoms with E-state index in [1.54, 1.807) is 6.08 Å². The molecule has 0 aliphatic carbocycles. The number of carbonyl (C=O) groups excluding carboxylic acids is 1. The van der Waals surface area contributed by atoms with Crippen LogP contribution in [0.15, 0.2) is 48.5 Å². The zero-order valence-corrected chi connectivity index (χ0v) is 14.7. The summed E-state index contributed by atoms with van der Waals surface area (Å²) in [5.41, 5.74) is 1.03. The number of carbonyl (C=O) groups is 1. The maximum atomic E-state index is 12.2. The predicted molar refractivity (Wildman–Crippen MR) is 104 cm³/mol. The van der Waals surface area contributed by atoms with Crippen LogP contribution in [0.25, 0.3) is 16.8 Å². The van der Waals surface area contributed by atoms with Gasteiger partial charge in [0.15, 0.2) is 5.11 Å². The summed E-state index contributed by atoms with van der Waals surface area (Å²) >= 11 is 5.36. The Morgan fingerprint density at radius 1 is 1.17 bits per heavy atom. The van der Waals surface area contributed by atoms with Crippen molar-refractivity contribution < 1.29 is 4.79 Å². The van der Waals surface area contributed by atoms with Gasteiger partial charge in [-0.25, -0.2) is 0 Å². The van der Waals surface area contributed by atoms with Crippen molar-refractivity contribution in [2.24, 2.45) is 5.92 Å². The first-order valence-electron chi connectivity index (χ1n) is 8.39. The molecular formula is C20H22N2OS. The van der Waals surface area contributed by atoms with Crippen molar-refractivity contribution >= 4 is 40.1 Å². The van der Waals surface area contributed by atoms with Gasteiger partial charge in [-0.3, -0.25) is 10.1 Å². The van der Waals surface area contributed by atoms with Crippen molar-refractivity contribution in [2.45, 2.75) is 19.8 Å². The molecule has 4 heteroatoms. The molecule has 1 amide bonds. The zero-order chi connectivity index (χ0) is 16.9. The quantitative estimate of drug-likeness (QED) is 0.664. The molecule has 0 atom stereocenters. The van der Waals surface area contributed by atoms with Crippen molar-refractivity contribution in [3.8, 4) is 0 Å². The van der Waals surface area contributed by atoms with E-state index in [0.29, 0.717) is 5.11 Å². The highest BCUT2D eigenvalue weighted by Crippen LogP contribution is 2.19. The van der Waals surface area contributed by atoms with Crippen LogP contribution in [0.2, 0.25) is 0 Å². The van der Waals surface area contributed by atoms with E-state index in [4.69, 9.17) is 12.2 Å². The highest BCUT2D eigenvalue weighted by atomic mass is 32.1. The van der Waals surface area contributed by atoms with Gasteiger partial charge in [0, 0.05) is 19.2 Å². The molecule has 1 heterocycles. The lowest BCUT2D eigenvalue weighted by molar-refractivity contribution is -0.115. The summed E-state index contributed by atoms with van der Waals surface area (Å²) in [7, 11) is 0. The molecule has 3 nitrogen and oxygen atoms in total. The van der Waals surface area contributed by atoms with E-state index in [1.165, 1.54) is 0 Å². The summed E-state index contributed by atoms with van der Waals surface area (Å²) in [5.74, 6) is 0.567. The third kappa shape index (κ3) is 4.01. The number of likely N-dealkylation sites (tertiary alicyclic amines) is 1. The van der Waals surface area contributed by atoms with Gasteiger partial charge in [-0.1, -0.05) is 49.4 Å². The fourth-order valence-corrected chi connectivity index (χ4v) is 3.28. The van der Waals surface area contributed by atoms with E-state index in [1.807, 2.05) is 30.3 Å². The maximum absolute atomic E-state index is 12.2. The van der Waals surface area contributed by atoms with Crippen molar-refractivity contribution in [2.75, 3.05) is 13.1 Å². The van der Waals surface area contributed by atoms with Crippen LogP contribution in [-0.2, 0) is 4.79 Å². The molecule has 1 N–H and O–H groups in total. The smallest absolute Gasteiger partial charge is 0.250 e. The molecule has 1 fully saturated rings. The highest BCUT2D eigenvalue weighted by molar-refractivity contribution is 7.80. The molecule has 2 aromatic rings. The van der Waals surface area contributed by atoms with Gasteiger partial charge in [0.25, 0.3) is 0 Å². The molecule has 0 unspecified atom stereocenters. The van der Waals surface area contributed by atoms with Gasteiger partial charge < -0.3 is 4.90 Å². The average molecular weight is 338 g/mol. The molecule has 0 bridgehead atoms. The molecular weight excluding hydrogens is 316 g/mol. The Bertz CT molecular complexity index is 771. The van der Waals surface area contributed by atoms with Crippen LogP contribution >= 0.6 is 12.2 Å². The molecule has 0 spiro atoms. The Kier molecular flexibility index (Phi) is 5.26. The molecule has 3 rings (SSSR count). The molecule has 24 heavy (non-hydrogen) atoms. The minimum absolute atomic E-state index is 0.174. The molecule has 0 saturated carbocycles. The monoisotopic (exact) mass is 338 g/mol. The first kappa shape index (κ1) is 16.7. The maximum Gasteiger partial charge on any atom is 0.250 e. The van der Waals surface area contributed by atoms with E-state index in [9.17, 15) is 4.79 Å². The second-order valence-electron chi connectivity index (χ2n) is 6.37. The predicted octanol–water partition coefficient (Wildman–Crippen LogP) is 3.99. The number of rotatable bonds is 2. The van der Waals surface area contributed by atoms with Crippen molar-refractivity contribution in [3.63, 3.8) is 0 Å². The normalized spacial score (nSPS) is 15.8. The van der Waals surface area contributed by atoms with E-state index < -0.39 is 0 Å². The van der Waals surface area contributed by atoms with Crippen molar-refractivity contribution in [1.82, 2.24) is 10.2 Å². The number of nitrogens with zero attached hydrogens (tertiary/aromatic N) is 1. The fourth-order valence-electron chi connectivity index (χ4n) is 3.00. The third-order valence-corrected chi connectivity index (χ3v) is 4.90. The Labute approximate surface area is 148 Å². The molecule has 0 radical (unpaired) electrons. The lowest BCUT2D eigenvalue weighted by Gasteiger charge is -2.31. The minimum atomic E-state index is -0.174. The van der Waals surface area contributed by atoms with Crippen LogP contribution in [0.4, 0.5) is 0 Å². The first-order valence-corrected chi connectivity index (χ1v) is 8.80. The zero-order valence-electron chi connectivity index (χ0n) is 13.9. The number of thiocarbonyl (C=S) groups is 1. The number of amides is 1. The number of hydrogen-bond donors (Lipinski definition) is 1. The van der Waals surface area contributed by atoms with Gasteiger partial charge in [-0.2, -0.15) is 0 Å². The highest BCUT2D eigenvalue weighted by Gasteiger charge is 2.18. The number of benzene rings is 2. The van der Waals surface area contributed by atoms with E-state index in [2.05, 4.69) is 35.3 Å². The van der Waals surface area contributed by atoms with Gasteiger partial charge in [0.05, 0.1) is 0 Å². The van der Waals surface area contributed by atoms with E-state index >= 15 is 0 Å². The topological polar surface area (TPSA) is 32.3 Å². The Morgan fingerprint density at radius 2 is 1.88 bits per heavy atom. The first-order chi connectivity index (χ1) is 11.6. The van der Waals surface area contributed by atoms with Gasteiger partial charge in [-0.05, 0) is 53.4 Å². The minimum Gasteiger partial charge on any atom is -0.349 e. The molecule has 124 valence electrons. The van der Waals surface area contributed by atoms with Crippen LogP contribution in [0.5, 0.6) is 0 Å². The summed E-state index contributed by atoms with van der Waals surface area (Å²) in [6.45, 7) is 4.10. The summed E-state index contributed by atoms with van der Waals surface area (Å²) in [4.78, 5) is 14.2. The SMILES string of the molecule is CC1CCN(C(=S)NC(=O)C=Cc2cccc3ccccc23)CC1. The van der Waals surface area contributed by atoms with Gasteiger partial charge in [0.2, 0.25) is 5.91 Å². The molecule has 1 aliphatic heterocycles. The molecule has 1 aliphatic rings. The Balaban J connectivity index is 1.63. The van der Waals surface area contributed by atoms with Crippen LogP contribution in [0.1, 0.15) is 25.3 Å². The molecule has 1 saturated heterocycles. The summed E-state index contributed by atoms with van der Waals surface area (Å²) < 4.78 is 0. The molecule has 0 aromatic heterocycles. The van der Waals surface area contributed by atoms with Crippen LogP contribution < -0.4 is 5.32 Å². The summed E-state index contributed by atoms with van der Waals surface area (Å²) in [6, 6.07) is 14.2. The van der Waals surface area contributed by atoms with Crippen LogP contribution in [-0.4, -0.2) is 29.0 Å². The number of hydrogen-bond acceptors (Lipinski definition) is 2. The van der Waals surface area contributed by atoms with E-state index in [0.717, 1.165) is 48.2 Å². The standard InChI is InChI=1S/C20H22N2OS/c1-15-11-13-22(14-12-15)20(24)21-19(23)10-9-17-7-4-6-16-5-2-3-8-18(16)17/h2-10,15H,11-14H2,1H3,(H,21,23,24). The van der Waals surface area contributed by atoms with Gasteiger partial charge in [0.1, 0.15) is 0 Å². The Hall–Kier alpha value is -2.20. The summed E-state index contributed by atoms with van der Waals surface area (Å²) in [5, 5.41) is 5.65. The van der Waals surface area contributed by atoms with E-state index in [-0.39, 0.29) is 5.91 Å². The Morgan fingerprint density at radius 3 is 2.67 bits per heavy atom. The van der Waals surface area contributed by atoms with Crippen molar-refractivity contribution in [1.29, 1.82) is 0 Å². The van der Waals surface area contributed by atoms with Crippen LogP contribution in [0.3, 0.4) is 0 Å². The van der Waals surface area contributed by atoms with Gasteiger partial charge in [-0.15, -0.1) is 0 Å². The molecule has 2 aromatic carbocycles. The lowest BCUT2D eigenvalue weighted by Crippen LogP contribution is -2.45. The summed E-state index contributed by atoms with van der Waals surface area (Å²) in [6.07, 6.45) is 5.66.